The van der Waals surface area contributed by atoms with Gasteiger partial charge in [-0.15, -0.1) is 10.2 Å². The summed E-state index contributed by atoms with van der Waals surface area (Å²) in [7, 11) is 0. The first-order chi connectivity index (χ1) is 8.74. The zero-order valence-corrected chi connectivity index (χ0v) is 11.5. The molecule has 0 fully saturated rings. The number of nitrogens with zero attached hydrogens (tertiary/aromatic N) is 2. The second-order valence-electron chi connectivity index (χ2n) is 4.13. The summed E-state index contributed by atoms with van der Waals surface area (Å²) in [6.45, 7) is 4.86. The quantitative estimate of drug-likeness (QED) is 0.869. The molecule has 0 aliphatic heterocycles. The fraction of sp³-hybridized carbons (Fsp3) is 0.385. The molecule has 0 saturated carbocycles. The predicted molar refractivity (Wildman–Crippen MR) is 76.5 cm³/mol. The minimum Gasteiger partial charge on any atom is -0.330 e. The van der Waals surface area contributed by atoms with Gasteiger partial charge >= 0.3 is 0 Å². The molecule has 0 amide bonds. The van der Waals surface area contributed by atoms with Crippen LogP contribution < -0.4 is 11.1 Å². The van der Waals surface area contributed by atoms with Crippen molar-refractivity contribution >= 4 is 22.2 Å². The maximum absolute atomic E-state index is 5.51. The third-order valence-electron chi connectivity index (χ3n) is 2.80. The van der Waals surface area contributed by atoms with Gasteiger partial charge in [0.15, 0.2) is 0 Å². The Morgan fingerprint density at radius 3 is 2.89 bits per heavy atom. The van der Waals surface area contributed by atoms with Crippen molar-refractivity contribution in [2.45, 2.75) is 26.7 Å². The van der Waals surface area contributed by atoms with E-state index in [0.717, 1.165) is 28.7 Å². The second kappa shape index (κ2) is 5.93. The van der Waals surface area contributed by atoms with Crippen molar-refractivity contribution in [2.24, 2.45) is 5.73 Å². The maximum Gasteiger partial charge on any atom is 0.210 e. The molecule has 0 spiro atoms. The van der Waals surface area contributed by atoms with E-state index in [9.17, 15) is 0 Å². The Morgan fingerprint density at radius 1 is 1.33 bits per heavy atom. The van der Waals surface area contributed by atoms with Crippen LogP contribution in [0.3, 0.4) is 0 Å². The highest BCUT2D eigenvalue weighted by molar-refractivity contribution is 7.15. The molecule has 2 aromatic rings. The van der Waals surface area contributed by atoms with Crippen molar-refractivity contribution in [3.05, 3.63) is 34.3 Å². The molecule has 3 N–H and O–H groups in total. The highest BCUT2D eigenvalue weighted by Crippen LogP contribution is 2.27. The Labute approximate surface area is 111 Å². The Balaban J connectivity index is 2.22. The van der Waals surface area contributed by atoms with Crippen LogP contribution in [0.4, 0.5) is 10.8 Å². The van der Waals surface area contributed by atoms with Gasteiger partial charge in [0, 0.05) is 12.1 Å². The third-order valence-corrected chi connectivity index (χ3v) is 3.70. The fourth-order valence-electron chi connectivity index (χ4n) is 1.84. The molecule has 0 aliphatic carbocycles. The lowest BCUT2D eigenvalue weighted by molar-refractivity contribution is 0.913. The van der Waals surface area contributed by atoms with E-state index in [0.29, 0.717) is 6.54 Å². The number of aryl methyl sites for hydroxylation is 2. The summed E-state index contributed by atoms with van der Waals surface area (Å²) in [4.78, 5) is 0. The third kappa shape index (κ3) is 2.86. The maximum atomic E-state index is 5.51. The highest BCUT2D eigenvalue weighted by Gasteiger charge is 2.08. The number of para-hydroxylation sites is 1. The van der Waals surface area contributed by atoms with Crippen LogP contribution in [0.2, 0.25) is 0 Å². The van der Waals surface area contributed by atoms with E-state index >= 15 is 0 Å². The van der Waals surface area contributed by atoms with Gasteiger partial charge < -0.3 is 11.1 Å². The van der Waals surface area contributed by atoms with Crippen LogP contribution in [0.15, 0.2) is 18.2 Å². The molecular formula is C13H18N4S. The number of hydrogen-bond acceptors (Lipinski definition) is 5. The number of rotatable bonds is 5. The topological polar surface area (TPSA) is 63.8 Å². The van der Waals surface area contributed by atoms with Crippen LogP contribution in [-0.2, 0) is 12.8 Å². The molecular weight excluding hydrogens is 244 g/mol. The van der Waals surface area contributed by atoms with Gasteiger partial charge in [-0.25, -0.2) is 0 Å². The largest absolute Gasteiger partial charge is 0.330 e. The monoisotopic (exact) mass is 262 g/mol. The first-order valence-electron chi connectivity index (χ1n) is 6.12. The zero-order valence-electron chi connectivity index (χ0n) is 10.7. The van der Waals surface area contributed by atoms with E-state index in [4.69, 9.17) is 5.73 Å². The number of aromatic nitrogens is 2. The van der Waals surface area contributed by atoms with Crippen molar-refractivity contribution < 1.29 is 0 Å². The number of nitrogens with one attached hydrogen (secondary N) is 1. The average molecular weight is 262 g/mol. The van der Waals surface area contributed by atoms with Crippen LogP contribution in [0.1, 0.15) is 23.1 Å². The Kier molecular flexibility index (Phi) is 4.28. The lowest BCUT2D eigenvalue weighted by atomic mass is 10.1. The second-order valence-corrected chi connectivity index (χ2v) is 5.19. The number of hydrogen-bond donors (Lipinski definition) is 2. The summed E-state index contributed by atoms with van der Waals surface area (Å²) < 4.78 is 0. The van der Waals surface area contributed by atoms with Crippen LogP contribution in [-0.4, -0.2) is 16.7 Å². The van der Waals surface area contributed by atoms with E-state index < -0.39 is 0 Å². The summed E-state index contributed by atoms with van der Waals surface area (Å²) in [5.41, 5.74) is 9.18. The fourth-order valence-corrected chi connectivity index (χ4v) is 2.60. The van der Waals surface area contributed by atoms with Crippen molar-refractivity contribution in [2.75, 3.05) is 11.9 Å². The van der Waals surface area contributed by atoms with Gasteiger partial charge in [0.2, 0.25) is 5.13 Å². The molecule has 0 aliphatic rings. The molecule has 0 radical (unpaired) electrons. The molecule has 4 nitrogen and oxygen atoms in total. The van der Waals surface area contributed by atoms with Crippen molar-refractivity contribution in [1.29, 1.82) is 0 Å². The molecule has 1 aromatic carbocycles. The first kappa shape index (κ1) is 13.0. The number of anilines is 2. The summed E-state index contributed by atoms with van der Waals surface area (Å²) in [5, 5.41) is 13.5. The standard InChI is InChI=1S/C13H18N4S/c1-3-10-6-4-5-9(2)12(10)15-13-17-16-11(18-13)7-8-14/h4-6H,3,7-8,14H2,1-2H3,(H,15,17). The zero-order chi connectivity index (χ0) is 13.0. The molecule has 5 heteroatoms. The van der Waals surface area contributed by atoms with Gasteiger partial charge in [-0.05, 0) is 31.0 Å². The van der Waals surface area contributed by atoms with Crippen molar-refractivity contribution in [3.63, 3.8) is 0 Å². The summed E-state index contributed by atoms with van der Waals surface area (Å²) in [5.74, 6) is 0. The van der Waals surface area contributed by atoms with E-state index in [2.05, 4.69) is 47.6 Å². The Hall–Kier alpha value is -1.46. The highest BCUT2D eigenvalue weighted by atomic mass is 32.1. The SMILES string of the molecule is CCc1cccc(C)c1Nc1nnc(CCN)s1. The summed E-state index contributed by atoms with van der Waals surface area (Å²) in [6.07, 6.45) is 1.78. The first-order valence-corrected chi connectivity index (χ1v) is 6.94. The van der Waals surface area contributed by atoms with E-state index in [1.165, 1.54) is 11.1 Å². The van der Waals surface area contributed by atoms with Gasteiger partial charge in [-0.1, -0.05) is 36.5 Å². The van der Waals surface area contributed by atoms with Crippen LogP contribution in [0.25, 0.3) is 0 Å². The van der Waals surface area contributed by atoms with Gasteiger partial charge in [-0.2, -0.15) is 0 Å². The molecule has 1 aromatic heterocycles. The van der Waals surface area contributed by atoms with Gasteiger partial charge in [0.1, 0.15) is 5.01 Å². The van der Waals surface area contributed by atoms with Crippen molar-refractivity contribution in [3.8, 4) is 0 Å². The van der Waals surface area contributed by atoms with Crippen molar-refractivity contribution in [1.82, 2.24) is 10.2 Å². The lowest BCUT2D eigenvalue weighted by Gasteiger charge is -2.11. The molecule has 18 heavy (non-hydrogen) atoms. The smallest absolute Gasteiger partial charge is 0.210 e. The van der Waals surface area contributed by atoms with Crippen LogP contribution >= 0.6 is 11.3 Å². The van der Waals surface area contributed by atoms with Gasteiger partial charge in [0.25, 0.3) is 0 Å². The molecule has 0 unspecified atom stereocenters. The number of benzene rings is 1. The average Bonchev–Trinajstić information content (AvgIpc) is 2.80. The predicted octanol–water partition coefficient (Wildman–Crippen LogP) is 2.65. The summed E-state index contributed by atoms with van der Waals surface area (Å²) >= 11 is 1.57. The lowest BCUT2D eigenvalue weighted by Crippen LogP contribution is -2.01. The molecule has 0 atom stereocenters. The molecule has 2 rings (SSSR count). The van der Waals surface area contributed by atoms with E-state index in [1.54, 1.807) is 11.3 Å². The molecule has 0 saturated heterocycles. The Bertz CT molecular complexity index is 521. The number of nitrogens with two attached hydrogens (primary N) is 1. The van der Waals surface area contributed by atoms with E-state index in [1.807, 2.05) is 0 Å². The molecule has 96 valence electrons. The summed E-state index contributed by atoms with van der Waals surface area (Å²) in [6, 6.07) is 6.32. The molecule has 1 heterocycles. The minimum atomic E-state index is 0.610. The van der Waals surface area contributed by atoms with Crippen LogP contribution in [0, 0.1) is 6.92 Å². The normalized spacial score (nSPS) is 10.6. The van der Waals surface area contributed by atoms with Gasteiger partial charge in [-0.3, -0.25) is 0 Å². The van der Waals surface area contributed by atoms with Crippen LogP contribution in [0.5, 0.6) is 0 Å². The van der Waals surface area contributed by atoms with E-state index in [-0.39, 0.29) is 0 Å². The van der Waals surface area contributed by atoms with Gasteiger partial charge in [0.05, 0.1) is 0 Å². The Morgan fingerprint density at radius 2 is 2.17 bits per heavy atom. The minimum absolute atomic E-state index is 0.610. The molecule has 0 bridgehead atoms.